The van der Waals surface area contributed by atoms with E-state index in [4.69, 9.17) is 0 Å². The van der Waals surface area contributed by atoms with Gasteiger partial charge in [-0.05, 0) is 51.6 Å². The number of likely N-dealkylation sites (tertiary alicyclic amines) is 1. The summed E-state index contributed by atoms with van der Waals surface area (Å²) < 4.78 is 0. The number of thiazole rings is 1. The molecular formula is C14H23N3S. The summed E-state index contributed by atoms with van der Waals surface area (Å²) in [7, 11) is 0. The molecule has 100 valence electrons. The van der Waals surface area contributed by atoms with Crippen LogP contribution in [0.4, 0.5) is 0 Å². The minimum atomic E-state index is 0.846. The molecule has 0 spiro atoms. The van der Waals surface area contributed by atoms with Crippen LogP contribution in [0.15, 0.2) is 5.38 Å². The van der Waals surface area contributed by atoms with Crippen LogP contribution in [-0.2, 0) is 6.54 Å². The summed E-state index contributed by atoms with van der Waals surface area (Å²) in [5.74, 6) is 0.846. The van der Waals surface area contributed by atoms with Crippen LogP contribution in [-0.4, -0.2) is 35.6 Å². The first-order chi connectivity index (χ1) is 8.79. The summed E-state index contributed by atoms with van der Waals surface area (Å²) in [5.41, 5.74) is 1.26. The molecule has 0 radical (unpaired) electrons. The van der Waals surface area contributed by atoms with Gasteiger partial charge in [0.1, 0.15) is 0 Å². The Balaban J connectivity index is 1.46. The molecule has 4 heteroatoms. The van der Waals surface area contributed by atoms with Crippen LogP contribution in [0.3, 0.4) is 0 Å². The van der Waals surface area contributed by atoms with E-state index in [1.165, 1.54) is 56.0 Å². The van der Waals surface area contributed by atoms with E-state index < -0.39 is 0 Å². The summed E-state index contributed by atoms with van der Waals surface area (Å²) >= 11 is 1.77. The van der Waals surface area contributed by atoms with Crippen molar-refractivity contribution < 1.29 is 0 Å². The molecule has 1 aromatic rings. The van der Waals surface area contributed by atoms with Gasteiger partial charge in [0.15, 0.2) is 0 Å². The van der Waals surface area contributed by atoms with Crippen molar-refractivity contribution in [2.24, 2.45) is 5.92 Å². The molecule has 1 atom stereocenters. The van der Waals surface area contributed by atoms with Crippen LogP contribution in [0.2, 0.25) is 0 Å². The standard InChI is InChI=1S/C14H23N3S/c1-11-16-14(10-18-11)9-17-6-2-3-12(8-17)7-15-13-4-5-13/h10,12-13,15H,2-9H2,1H3. The average Bonchev–Trinajstić information content (AvgIpc) is 3.11. The fraction of sp³-hybridized carbons (Fsp3) is 0.786. The van der Waals surface area contributed by atoms with E-state index in [0.717, 1.165) is 18.5 Å². The number of hydrogen-bond acceptors (Lipinski definition) is 4. The van der Waals surface area contributed by atoms with Crippen molar-refractivity contribution in [1.82, 2.24) is 15.2 Å². The third-order valence-electron chi connectivity index (χ3n) is 3.93. The minimum absolute atomic E-state index is 0.846. The molecule has 3 nitrogen and oxygen atoms in total. The van der Waals surface area contributed by atoms with Gasteiger partial charge in [-0.2, -0.15) is 0 Å². The van der Waals surface area contributed by atoms with Crippen LogP contribution in [0.5, 0.6) is 0 Å². The molecule has 18 heavy (non-hydrogen) atoms. The van der Waals surface area contributed by atoms with Gasteiger partial charge in [0, 0.05) is 24.5 Å². The first-order valence-corrected chi connectivity index (χ1v) is 8.04. The molecule has 2 fully saturated rings. The Morgan fingerprint density at radius 1 is 1.44 bits per heavy atom. The molecule has 1 saturated carbocycles. The molecule has 1 aromatic heterocycles. The second kappa shape index (κ2) is 5.68. The van der Waals surface area contributed by atoms with Gasteiger partial charge in [0.25, 0.3) is 0 Å². The van der Waals surface area contributed by atoms with E-state index in [-0.39, 0.29) is 0 Å². The zero-order chi connectivity index (χ0) is 12.4. The summed E-state index contributed by atoms with van der Waals surface area (Å²) in [5, 5.41) is 7.07. The normalized spacial score (nSPS) is 25.5. The minimum Gasteiger partial charge on any atom is -0.314 e. The van der Waals surface area contributed by atoms with E-state index >= 15 is 0 Å². The van der Waals surface area contributed by atoms with Crippen molar-refractivity contribution in [3.05, 3.63) is 16.1 Å². The van der Waals surface area contributed by atoms with E-state index in [1.807, 2.05) is 0 Å². The number of nitrogens with zero attached hydrogens (tertiary/aromatic N) is 2. The first-order valence-electron chi connectivity index (χ1n) is 7.16. The molecule has 0 aromatic carbocycles. The van der Waals surface area contributed by atoms with Gasteiger partial charge in [-0.25, -0.2) is 4.98 Å². The SMILES string of the molecule is Cc1nc(CN2CCCC(CNC3CC3)C2)cs1. The highest BCUT2D eigenvalue weighted by atomic mass is 32.1. The number of nitrogens with one attached hydrogen (secondary N) is 1. The van der Waals surface area contributed by atoms with Crippen molar-refractivity contribution in [2.45, 2.75) is 45.2 Å². The quantitative estimate of drug-likeness (QED) is 0.886. The topological polar surface area (TPSA) is 28.2 Å². The van der Waals surface area contributed by atoms with Gasteiger partial charge in [-0.3, -0.25) is 4.90 Å². The highest BCUT2D eigenvalue weighted by Crippen LogP contribution is 2.22. The lowest BCUT2D eigenvalue weighted by Crippen LogP contribution is -2.39. The van der Waals surface area contributed by atoms with Gasteiger partial charge in [-0.1, -0.05) is 0 Å². The molecule has 2 aliphatic rings. The molecule has 1 aliphatic carbocycles. The van der Waals surface area contributed by atoms with Crippen LogP contribution >= 0.6 is 11.3 Å². The van der Waals surface area contributed by atoms with Crippen LogP contribution in [0.25, 0.3) is 0 Å². The van der Waals surface area contributed by atoms with Crippen molar-refractivity contribution in [1.29, 1.82) is 0 Å². The third-order valence-corrected chi connectivity index (χ3v) is 4.75. The second-order valence-electron chi connectivity index (χ2n) is 5.78. The lowest BCUT2D eigenvalue weighted by atomic mass is 9.98. The predicted molar refractivity (Wildman–Crippen MR) is 75.9 cm³/mol. The Morgan fingerprint density at radius 3 is 3.06 bits per heavy atom. The maximum atomic E-state index is 4.58. The molecule has 1 saturated heterocycles. The molecule has 1 aliphatic heterocycles. The zero-order valence-electron chi connectivity index (χ0n) is 11.2. The number of hydrogen-bond donors (Lipinski definition) is 1. The van der Waals surface area contributed by atoms with E-state index in [9.17, 15) is 0 Å². The fourth-order valence-electron chi connectivity index (χ4n) is 2.79. The third kappa shape index (κ3) is 3.53. The molecule has 3 rings (SSSR count). The van der Waals surface area contributed by atoms with Gasteiger partial charge < -0.3 is 5.32 Å². The Kier molecular flexibility index (Phi) is 3.97. The molecule has 0 bridgehead atoms. The highest BCUT2D eigenvalue weighted by molar-refractivity contribution is 7.09. The van der Waals surface area contributed by atoms with Crippen LogP contribution in [0.1, 0.15) is 36.4 Å². The summed E-state index contributed by atoms with van der Waals surface area (Å²) in [6.07, 6.45) is 5.54. The summed E-state index contributed by atoms with van der Waals surface area (Å²) in [6, 6.07) is 0.849. The Bertz CT molecular complexity index is 386. The maximum absolute atomic E-state index is 4.58. The predicted octanol–water partition coefficient (Wildman–Crippen LogP) is 2.42. The van der Waals surface area contributed by atoms with Crippen LogP contribution < -0.4 is 5.32 Å². The van der Waals surface area contributed by atoms with E-state index in [0.29, 0.717) is 0 Å². The largest absolute Gasteiger partial charge is 0.314 e. The number of aryl methyl sites for hydroxylation is 1. The monoisotopic (exact) mass is 265 g/mol. The maximum Gasteiger partial charge on any atom is 0.0897 e. The van der Waals surface area contributed by atoms with Crippen molar-refractivity contribution in [3.8, 4) is 0 Å². The number of rotatable bonds is 5. The van der Waals surface area contributed by atoms with Crippen molar-refractivity contribution in [2.75, 3.05) is 19.6 Å². The lowest BCUT2D eigenvalue weighted by Gasteiger charge is -2.32. The zero-order valence-corrected chi connectivity index (χ0v) is 12.0. The summed E-state index contributed by atoms with van der Waals surface area (Å²) in [4.78, 5) is 7.16. The fourth-order valence-corrected chi connectivity index (χ4v) is 3.40. The smallest absolute Gasteiger partial charge is 0.0897 e. The Morgan fingerprint density at radius 2 is 2.33 bits per heavy atom. The van der Waals surface area contributed by atoms with Gasteiger partial charge in [0.05, 0.1) is 10.7 Å². The Labute approximate surface area is 114 Å². The molecular weight excluding hydrogens is 242 g/mol. The van der Waals surface area contributed by atoms with Crippen LogP contribution in [0, 0.1) is 12.8 Å². The van der Waals surface area contributed by atoms with E-state index in [1.54, 1.807) is 11.3 Å². The summed E-state index contributed by atoms with van der Waals surface area (Å²) in [6.45, 7) is 6.85. The van der Waals surface area contributed by atoms with Gasteiger partial charge in [-0.15, -0.1) is 11.3 Å². The number of piperidine rings is 1. The van der Waals surface area contributed by atoms with Crippen molar-refractivity contribution >= 4 is 11.3 Å². The average molecular weight is 265 g/mol. The first kappa shape index (κ1) is 12.6. The molecule has 0 amide bonds. The highest BCUT2D eigenvalue weighted by Gasteiger charge is 2.24. The molecule has 1 N–H and O–H groups in total. The van der Waals surface area contributed by atoms with Gasteiger partial charge in [0.2, 0.25) is 0 Å². The van der Waals surface area contributed by atoms with Gasteiger partial charge >= 0.3 is 0 Å². The lowest BCUT2D eigenvalue weighted by molar-refractivity contribution is 0.164. The van der Waals surface area contributed by atoms with E-state index in [2.05, 4.69) is 27.5 Å². The molecule has 2 heterocycles. The van der Waals surface area contributed by atoms with Crippen molar-refractivity contribution in [3.63, 3.8) is 0 Å². The second-order valence-corrected chi connectivity index (χ2v) is 6.85. The molecule has 1 unspecified atom stereocenters. The number of aromatic nitrogens is 1. The Hall–Kier alpha value is -0.450.